The molecule has 0 bridgehead atoms. The van der Waals surface area contributed by atoms with Gasteiger partial charge < -0.3 is 20.3 Å². The number of carbonyl (C=O) groups is 3. The van der Waals surface area contributed by atoms with Gasteiger partial charge in [0.15, 0.2) is 6.10 Å². The van der Waals surface area contributed by atoms with Crippen LogP contribution < -0.4 is 10.6 Å². The van der Waals surface area contributed by atoms with Gasteiger partial charge in [0.05, 0.1) is 6.16 Å². The summed E-state index contributed by atoms with van der Waals surface area (Å²) in [7, 11) is -4.35. The van der Waals surface area contributed by atoms with Crippen LogP contribution in [0.15, 0.2) is 60.7 Å². The molecule has 3 rings (SSSR count). The van der Waals surface area contributed by atoms with Gasteiger partial charge in [-0.25, -0.2) is 9.59 Å². The number of rotatable bonds is 10. The molecular weight excluding hydrogens is 459 g/mol. The fraction of sp³-hybridized carbons (Fsp3) is 0.375. The minimum atomic E-state index is -4.35. The number of ether oxygens (including phenoxy) is 1. The van der Waals surface area contributed by atoms with Gasteiger partial charge in [0.25, 0.3) is 5.91 Å². The predicted octanol–water partition coefficient (Wildman–Crippen LogP) is 2.44. The lowest BCUT2D eigenvalue weighted by atomic mass is 10.1. The molecule has 1 aliphatic heterocycles. The Morgan fingerprint density at radius 2 is 1.76 bits per heavy atom. The molecule has 4 atom stereocenters. The molecule has 2 aromatic rings. The molecule has 3 N–H and O–H groups in total. The molecule has 34 heavy (non-hydrogen) atoms. The van der Waals surface area contributed by atoms with Gasteiger partial charge in [0.1, 0.15) is 6.04 Å². The second-order valence-corrected chi connectivity index (χ2v) is 10.0. The van der Waals surface area contributed by atoms with Crippen LogP contribution in [-0.4, -0.2) is 53.6 Å². The van der Waals surface area contributed by atoms with Crippen LogP contribution in [0.5, 0.6) is 0 Å². The lowest BCUT2D eigenvalue weighted by Crippen LogP contribution is -2.40. The highest BCUT2D eigenvalue weighted by atomic mass is 31.2. The van der Waals surface area contributed by atoms with Crippen LogP contribution in [0.2, 0.25) is 0 Å². The van der Waals surface area contributed by atoms with E-state index in [1.807, 2.05) is 30.3 Å². The van der Waals surface area contributed by atoms with Crippen LogP contribution >= 0.6 is 7.60 Å². The van der Waals surface area contributed by atoms with E-state index in [-0.39, 0.29) is 6.42 Å². The molecule has 9 nitrogen and oxygen atoms in total. The van der Waals surface area contributed by atoms with E-state index in [2.05, 4.69) is 10.6 Å². The third-order valence-electron chi connectivity index (χ3n) is 5.35. The van der Waals surface area contributed by atoms with Crippen molar-refractivity contribution in [3.8, 4) is 0 Å². The van der Waals surface area contributed by atoms with E-state index in [0.29, 0.717) is 18.5 Å². The third kappa shape index (κ3) is 7.88. The highest BCUT2D eigenvalue weighted by Crippen LogP contribution is 2.44. The summed E-state index contributed by atoms with van der Waals surface area (Å²) < 4.78 is 22.8. The zero-order chi connectivity index (χ0) is 24.6. The Balaban J connectivity index is 1.64. The van der Waals surface area contributed by atoms with Crippen molar-refractivity contribution in [3.63, 3.8) is 0 Å². The number of amides is 1. The van der Waals surface area contributed by atoms with Gasteiger partial charge in [-0.05, 0) is 50.4 Å². The Hall–Kier alpha value is -2.84. The van der Waals surface area contributed by atoms with Crippen molar-refractivity contribution in [2.45, 2.75) is 44.4 Å². The fourth-order valence-corrected chi connectivity index (χ4v) is 5.11. The Bertz CT molecular complexity index is 1030. The van der Waals surface area contributed by atoms with E-state index in [1.54, 1.807) is 30.3 Å². The molecule has 182 valence electrons. The first-order chi connectivity index (χ1) is 16.2. The minimum absolute atomic E-state index is 0.276. The van der Waals surface area contributed by atoms with E-state index in [9.17, 15) is 23.8 Å². The van der Waals surface area contributed by atoms with Crippen LogP contribution in [0.1, 0.15) is 35.7 Å². The maximum atomic E-state index is 12.9. The first kappa shape index (κ1) is 25.8. The Morgan fingerprint density at radius 3 is 2.38 bits per heavy atom. The van der Waals surface area contributed by atoms with Crippen LogP contribution in [0.4, 0.5) is 0 Å². The first-order valence-corrected chi connectivity index (χ1v) is 12.9. The summed E-state index contributed by atoms with van der Waals surface area (Å²) in [6.45, 7) is 1.90. The summed E-state index contributed by atoms with van der Waals surface area (Å²) in [5, 5.41) is 5.70. The van der Waals surface area contributed by atoms with Crippen LogP contribution in [-0.2, 0) is 29.8 Å². The molecule has 0 radical (unpaired) electrons. The summed E-state index contributed by atoms with van der Waals surface area (Å²) in [4.78, 5) is 47.4. The van der Waals surface area contributed by atoms with Crippen molar-refractivity contribution in [1.82, 2.24) is 10.6 Å². The van der Waals surface area contributed by atoms with E-state index in [1.165, 1.54) is 6.92 Å². The Morgan fingerprint density at radius 1 is 1.12 bits per heavy atom. The molecule has 0 aliphatic carbocycles. The number of carbonyl (C=O) groups excluding carboxylic acids is 3. The summed E-state index contributed by atoms with van der Waals surface area (Å²) >= 11 is 0. The Kier molecular flexibility index (Phi) is 9.12. The molecule has 1 fully saturated rings. The van der Waals surface area contributed by atoms with Crippen molar-refractivity contribution in [3.05, 3.63) is 71.8 Å². The van der Waals surface area contributed by atoms with E-state index < -0.39 is 49.8 Å². The molecule has 10 heteroatoms. The van der Waals surface area contributed by atoms with Crippen molar-refractivity contribution in [1.29, 1.82) is 0 Å². The maximum Gasteiger partial charge on any atom is 0.343 e. The van der Waals surface area contributed by atoms with Crippen molar-refractivity contribution in [2.24, 2.45) is 0 Å². The monoisotopic (exact) mass is 488 g/mol. The van der Waals surface area contributed by atoms with Gasteiger partial charge in [-0.1, -0.05) is 48.5 Å². The average molecular weight is 488 g/mol. The Labute approximate surface area is 198 Å². The minimum Gasteiger partial charge on any atom is -0.390 e. The highest BCUT2D eigenvalue weighted by Gasteiger charge is 2.34. The molecule has 1 saturated heterocycles. The average Bonchev–Trinajstić information content (AvgIpc) is 3.35. The summed E-state index contributed by atoms with van der Waals surface area (Å²) in [6.07, 6.45) is -0.247. The predicted molar refractivity (Wildman–Crippen MR) is 125 cm³/mol. The lowest BCUT2D eigenvalue weighted by molar-refractivity contribution is -0.165. The number of hydrogen-bond donors (Lipinski definition) is 3. The summed E-state index contributed by atoms with van der Waals surface area (Å²) in [5.74, 6) is -2.17. The van der Waals surface area contributed by atoms with Gasteiger partial charge in [-0.15, -0.1) is 0 Å². The smallest absolute Gasteiger partial charge is 0.343 e. The normalized spacial score (nSPS) is 18.9. The SMILES string of the molecule is CC(OP(=O)(O)CC(Cc1ccccc1)NC(=O)c1ccccc1)C(=O)OC(=O)[C@@H]1CCCN1. The van der Waals surface area contributed by atoms with Crippen LogP contribution in [0, 0.1) is 0 Å². The second kappa shape index (κ2) is 12.0. The van der Waals surface area contributed by atoms with Crippen molar-refractivity contribution < 1.29 is 33.1 Å². The molecule has 0 spiro atoms. The van der Waals surface area contributed by atoms with Crippen molar-refractivity contribution >= 4 is 25.4 Å². The largest absolute Gasteiger partial charge is 0.390 e. The molecule has 3 unspecified atom stereocenters. The third-order valence-corrected chi connectivity index (χ3v) is 6.90. The van der Waals surface area contributed by atoms with Gasteiger partial charge in [-0.3, -0.25) is 13.9 Å². The van der Waals surface area contributed by atoms with Crippen LogP contribution in [0.3, 0.4) is 0 Å². The zero-order valence-corrected chi connectivity index (χ0v) is 19.8. The fourth-order valence-electron chi connectivity index (χ4n) is 3.67. The van der Waals surface area contributed by atoms with Gasteiger partial charge in [0.2, 0.25) is 0 Å². The van der Waals surface area contributed by atoms with E-state index >= 15 is 0 Å². The van der Waals surface area contributed by atoms with Gasteiger partial charge in [0, 0.05) is 11.6 Å². The van der Waals surface area contributed by atoms with Gasteiger partial charge in [-0.2, -0.15) is 0 Å². The molecule has 0 aromatic heterocycles. The van der Waals surface area contributed by atoms with Gasteiger partial charge >= 0.3 is 19.5 Å². The number of esters is 2. The van der Waals surface area contributed by atoms with Crippen LogP contribution in [0.25, 0.3) is 0 Å². The number of benzene rings is 2. The first-order valence-electron chi connectivity index (χ1n) is 11.1. The number of nitrogens with one attached hydrogen (secondary N) is 2. The summed E-state index contributed by atoms with van der Waals surface area (Å²) in [6, 6.07) is 16.4. The second-order valence-electron chi connectivity index (χ2n) is 8.18. The topological polar surface area (TPSA) is 131 Å². The molecule has 0 saturated carbocycles. The highest BCUT2D eigenvalue weighted by molar-refractivity contribution is 7.52. The summed E-state index contributed by atoms with van der Waals surface area (Å²) in [5.41, 5.74) is 1.26. The zero-order valence-electron chi connectivity index (χ0n) is 18.9. The molecule has 1 aliphatic rings. The van der Waals surface area contributed by atoms with E-state index in [0.717, 1.165) is 12.0 Å². The quantitative estimate of drug-likeness (QED) is 0.264. The standard InChI is InChI=1S/C24H29N2O7P/c1-17(23(28)32-24(29)21-13-8-14-25-21)33-34(30,31)16-20(15-18-9-4-2-5-10-18)26-22(27)19-11-6-3-7-12-19/h2-7,9-12,17,20-21,25H,8,13-16H2,1H3,(H,26,27)(H,30,31)/t17?,20?,21-/m0/s1. The maximum absolute atomic E-state index is 12.9. The molecular formula is C24H29N2O7P. The van der Waals surface area contributed by atoms with E-state index in [4.69, 9.17) is 9.26 Å². The molecule has 1 amide bonds. The molecule has 1 heterocycles. The lowest BCUT2D eigenvalue weighted by Gasteiger charge is -2.23. The number of hydrogen-bond acceptors (Lipinski definition) is 7. The molecule has 2 aromatic carbocycles. The van der Waals surface area contributed by atoms with Crippen molar-refractivity contribution in [2.75, 3.05) is 12.7 Å².